The first-order chi connectivity index (χ1) is 11.1. The first-order valence-corrected chi connectivity index (χ1v) is 7.73. The van der Waals surface area contributed by atoms with Crippen LogP contribution in [-0.2, 0) is 9.59 Å². The molecule has 0 spiro atoms. The molecule has 2 rings (SSSR count). The van der Waals surface area contributed by atoms with Crippen LogP contribution in [0.25, 0.3) is 0 Å². The fraction of sp³-hybridized carbons (Fsp3) is 0.471. The Morgan fingerprint density at radius 2 is 1.75 bits per heavy atom. The molecule has 0 aromatic heterocycles. The monoisotopic (exact) mass is 334 g/mol. The van der Waals surface area contributed by atoms with Crippen LogP contribution in [0.2, 0.25) is 0 Å². The Morgan fingerprint density at radius 3 is 2.29 bits per heavy atom. The minimum atomic E-state index is -1.00. The van der Waals surface area contributed by atoms with Gasteiger partial charge in [0.05, 0.1) is 11.0 Å². The molecular weight excluding hydrogens is 312 g/mol. The normalized spacial score (nSPS) is 25.0. The molecule has 2 amide bonds. The topological polar surface area (TPSA) is 116 Å². The summed E-state index contributed by atoms with van der Waals surface area (Å²) in [5, 5.41) is 19.1. The number of phenols is 1. The van der Waals surface area contributed by atoms with E-state index in [1.54, 1.807) is 32.9 Å². The highest BCUT2D eigenvalue weighted by molar-refractivity contribution is 5.98. The molecule has 0 unspecified atom stereocenters. The molecule has 0 heterocycles. The average Bonchev–Trinajstić information content (AvgIpc) is 2.76. The van der Waals surface area contributed by atoms with Crippen LogP contribution in [0.15, 0.2) is 24.3 Å². The lowest BCUT2D eigenvalue weighted by molar-refractivity contribution is -0.155. The van der Waals surface area contributed by atoms with Crippen LogP contribution in [0.5, 0.6) is 5.75 Å². The van der Waals surface area contributed by atoms with Gasteiger partial charge in [0.25, 0.3) is 5.91 Å². The predicted octanol–water partition coefficient (Wildman–Crippen LogP) is 1.68. The smallest absolute Gasteiger partial charge is 0.309 e. The fourth-order valence-corrected chi connectivity index (χ4v) is 3.28. The second-order valence-electron chi connectivity index (χ2n) is 6.91. The molecule has 1 aromatic rings. The van der Waals surface area contributed by atoms with E-state index in [0.717, 1.165) is 0 Å². The summed E-state index contributed by atoms with van der Waals surface area (Å²) < 4.78 is 0. The van der Waals surface area contributed by atoms with Gasteiger partial charge >= 0.3 is 5.97 Å². The lowest BCUT2D eigenvalue weighted by Crippen LogP contribution is -2.49. The minimum Gasteiger partial charge on any atom is -0.507 e. The number of rotatable bonds is 3. The zero-order chi connectivity index (χ0) is 18.1. The number of carbonyl (C=O) groups excluding carboxylic acids is 2. The largest absolute Gasteiger partial charge is 0.507 e. The molecule has 4 N–H and O–H groups in total. The van der Waals surface area contributed by atoms with E-state index < -0.39 is 34.5 Å². The maximum Gasteiger partial charge on any atom is 0.309 e. The molecule has 24 heavy (non-hydrogen) atoms. The summed E-state index contributed by atoms with van der Waals surface area (Å²) >= 11 is 0. The zero-order valence-electron chi connectivity index (χ0n) is 13.9. The van der Waals surface area contributed by atoms with Crippen LogP contribution in [0.1, 0.15) is 44.0 Å². The van der Waals surface area contributed by atoms with Gasteiger partial charge in [-0.15, -0.1) is 0 Å². The maximum atomic E-state index is 12.4. The van der Waals surface area contributed by atoms with Crippen molar-refractivity contribution in [1.82, 2.24) is 10.9 Å². The summed E-state index contributed by atoms with van der Waals surface area (Å²) in [6.07, 6.45) is 0.814. The van der Waals surface area contributed by atoms with Crippen molar-refractivity contribution in [2.24, 2.45) is 16.7 Å². The SMILES string of the molecule is CC1(C)[C@H](C(=O)NNC(=O)c2ccccc2O)CC[C@@]1(C)C(=O)O. The number of hydrazine groups is 1. The molecule has 2 atom stereocenters. The van der Waals surface area contributed by atoms with E-state index in [9.17, 15) is 24.6 Å². The van der Waals surface area contributed by atoms with E-state index >= 15 is 0 Å². The molecular formula is C17H22N2O5. The number of carbonyl (C=O) groups is 3. The first-order valence-electron chi connectivity index (χ1n) is 7.73. The minimum absolute atomic E-state index is 0.0406. The third-order valence-electron chi connectivity index (χ3n) is 5.46. The van der Waals surface area contributed by atoms with Gasteiger partial charge in [-0.2, -0.15) is 0 Å². The van der Waals surface area contributed by atoms with Gasteiger partial charge in [-0.25, -0.2) is 0 Å². The van der Waals surface area contributed by atoms with Gasteiger partial charge < -0.3 is 10.2 Å². The van der Waals surface area contributed by atoms with Crippen LogP contribution in [0, 0.1) is 16.7 Å². The van der Waals surface area contributed by atoms with Crippen molar-refractivity contribution in [3.8, 4) is 5.75 Å². The summed E-state index contributed by atoms with van der Waals surface area (Å²) in [5.41, 5.74) is 2.88. The van der Waals surface area contributed by atoms with E-state index in [4.69, 9.17) is 0 Å². The van der Waals surface area contributed by atoms with Gasteiger partial charge in [0.1, 0.15) is 5.75 Å². The third-order valence-corrected chi connectivity index (χ3v) is 5.46. The Labute approximate surface area is 140 Å². The van der Waals surface area contributed by atoms with Gasteiger partial charge in [0, 0.05) is 5.92 Å². The highest BCUT2D eigenvalue weighted by Crippen LogP contribution is 2.56. The number of carboxylic acids is 1. The van der Waals surface area contributed by atoms with E-state index in [2.05, 4.69) is 10.9 Å². The van der Waals surface area contributed by atoms with Gasteiger partial charge in [0.15, 0.2) is 0 Å². The Balaban J connectivity index is 2.05. The lowest BCUT2D eigenvalue weighted by Gasteiger charge is -2.37. The van der Waals surface area contributed by atoms with Crippen LogP contribution in [-0.4, -0.2) is 28.0 Å². The number of hydrogen-bond donors (Lipinski definition) is 4. The molecule has 1 aliphatic rings. The van der Waals surface area contributed by atoms with E-state index in [1.807, 2.05) is 0 Å². The molecule has 7 nitrogen and oxygen atoms in total. The van der Waals surface area contributed by atoms with E-state index in [0.29, 0.717) is 12.8 Å². The summed E-state index contributed by atoms with van der Waals surface area (Å²) in [6.45, 7) is 5.15. The van der Waals surface area contributed by atoms with Crippen molar-refractivity contribution in [3.63, 3.8) is 0 Å². The van der Waals surface area contributed by atoms with Crippen molar-refractivity contribution in [1.29, 1.82) is 0 Å². The Morgan fingerprint density at radius 1 is 1.12 bits per heavy atom. The number of aromatic hydroxyl groups is 1. The molecule has 0 bridgehead atoms. The van der Waals surface area contributed by atoms with Crippen molar-refractivity contribution in [3.05, 3.63) is 29.8 Å². The number of aliphatic carboxylic acids is 1. The van der Waals surface area contributed by atoms with Gasteiger partial charge in [-0.1, -0.05) is 26.0 Å². The van der Waals surface area contributed by atoms with Gasteiger partial charge in [-0.3, -0.25) is 25.2 Å². The Hall–Kier alpha value is -2.57. The summed E-state index contributed by atoms with van der Waals surface area (Å²) in [7, 11) is 0. The van der Waals surface area contributed by atoms with Crippen molar-refractivity contribution in [2.75, 3.05) is 0 Å². The fourth-order valence-electron chi connectivity index (χ4n) is 3.28. The molecule has 130 valence electrons. The van der Waals surface area contributed by atoms with Crippen molar-refractivity contribution >= 4 is 17.8 Å². The van der Waals surface area contributed by atoms with Gasteiger partial charge in [0.2, 0.25) is 5.91 Å². The number of phenolic OH excluding ortho intramolecular Hbond substituents is 1. The number of carboxylic acid groups (broad SMARTS) is 1. The summed E-state index contributed by atoms with van der Waals surface area (Å²) in [4.78, 5) is 36.0. The number of amides is 2. The highest BCUT2D eigenvalue weighted by Gasteiger charge is 2.58. The standard InChI is InChI=1S/C17H22N2O5/c1-16(2)11(8-9-17(16,3)15(23)24)14(22)19-18-13(21)10-6-4-5-7-12(10)20/h4-7,11,20H,8-9H2,1-3H3,(H,18,21)(H,19,22)(H,23,24)/t11-,17-/m0/s1. The number of hydrogen-bond acceptors (Lipinski definition) is 4. The van der Waals surface area contributed by atoms with Crippen LogP contribution in [0.4, 0.5) is 0 Å². The maximum absolute atomic E-state index is 12.4. The molecule has 1 aliphatic carbocycles. The van der Waals surface area contributed by atoms with Crippen LogP contribution >= 0.6 is 0 Å². The molecule has 7 heteroatoms. The quantitative estimate of drug-likeness (QED) is 0.628. The Kier molecular flexibility index (Phi) is 4.55. The summed E-state index contributed by atoms with van der Waals surface area (Å²) in [5.74, 6) is -2.74. The predicted molar refractivity (Wildman–Crippen MR) is 86.0 cm³/mol. The average molecular weight is 334 g/mol. The molecule has 0 saturated heterocycles. The van der Waals surface area contributed by atoms with Gasteiger partial charge in [-0.05, 0) is 37.3 Å². The molecule has 1 fully saturated rings. The molecule has 1 aromatic carbocycles. The molecule has 0 aliphatic heterocycles. The summed E-state index contributed by atoms with van der Waals surface area (Å²) in [6, 6.07) is 5.97. The van der Waals surface area contributed by atoms with Crippen LogP contribution < -0.4 is 10.9 Å². The molecule has 1 saturated carbocycles. The molecule has 0 radical (unpaired) electrons. The highest BCUT2D eigenvalue weighted by atomic mass is 16.4. The third kappa shape index (κ3) is 2.81. The number of nitrogens with one attached hydrogen (secondary N) is 2. The van der Waals surface area contributed by atoms with Crippen molar-refractivity contribution in [2.45, 2.75) is 33.6 Å². The van der Waals surface area contributed by atoms with Crippen molar-refractivity contribution < 1.29 is 24.6 Å². The lowest BCUT2D eigenvalue weighted by atomic mass is 9.65. The number of para-hydroxylation sites is 1. The number of benzene rings is 1. The second kappa shape index (κ2) is 6.14. The van der Waals surface area contributed by atoms with Crippen LogP contribution in [0.3, 0.4) is 0 Å². The second-order valence-corrected chi connectivity index (χ2v) is 6.91. The van der Waals surface area contributed by atoms with E-state index in [1.165, 1.54) is 12.1 Å². The first kappa shape index (κ1) is 17.8. The van der Waals surface area contributed by atoms with E-state index in [-0.39, 0.29) is 11.3 Å². The Bertz CT molecular complexity index is 685. The zero-order valence-corrected chi connectivity index (χ0v) is 13.9.